The third kappa shape index (κ3) is 21.7. The number of ether oxygens (including phenoxy) is 3. The van der Waals surface area contributed by atoms with Gasteiger partial charge in [-0.05, 0) is 266 Å². The van der Waals surface area contributed by atoms with Crippen LogP contribution in [0.15, 0.2) is 205 Å². The summed E-state index contributed by atoms with van der Waals surface area (Å²) in [5, 5.41) is 16.7. The van der Waals surface area contributed by atoms with Crippen molar-refractivity contribution >= 4 is 266 Å². The number of aromatic amines is 1. The summed E-state index contributed by atoms with van der Waals surface area (Å²) < 4.78 is 19.4. The number of pyridine rings is 4. The number of aromatic nitrogens is 4. The average Bonchev–Trinajstić information content (AvgIpc) is 0.773. The van der Waals surface area contributed by atoms with E-state index >= 15 is 0 Å². The number of carbonyl (C=O) groups excluding carboxylic acids is 5. The number of carbonyl (C=O) groups is 5. The van der Waals surface area contributed by atoms with Crippen LogP contribution < -0.4 is 21.4 Å². The number of likely N-dealkylation sites (N-methyl/N-ethyl adjacent to an activating group) is 2. The molecule has 111 heavy (non-hydrogen) atoms. The maximum atomic E-state index is 12.7. The SMILES string of the molecule is C.CCN(CC)CCNC(=O)c1cc(I)cc2cc3ccccc3nc12.CCN(CC)CCNC(=O)c1cc(I)cc2cc3ccccc3nc12.COC(=O)c1cc(I)cc2c(=O)c3ccccc3[nH]c12.COC(=O)c1cc(I)cc2c1Nc1ccccc1C2.COC(=O)c1cc(I)cc2cc3ccccc3nc12.Cl.Cl. The van der Waals surface area contributed by atoms with Crippen molar-refractivity contribution in [3.05, 3.63) is 267 Å². The van der Waals surface area contributed by atoms with E-state index in [9.17, 15) is 28.8 Å². The number of nitrogens with one attached hydrogen (secondary N) is 4. The summed E-state index contributed by atoms with van der Waals surface area (Å²) in [5.41, 5.74) is 13.1. The van der Waals surface area contributed by atoms with Crippen molar-refractivity contribution in [3.63, 3.8) is 0 Å². The van der Waals surface area contributed by atoms with Gasteiger partial charge in [-0.1, -0.05) is 120 Å². The molecule has 0 saturated carbocycles. The number of benzene rings is 10. The zero-order valence-corrected chi connectivity index (χ0v) is 73.5. The van der Waals surface area contributed by atoms with E-state index in [4.69, 9.17) is 24.2 Å². The summed E-state index contributed by atoms with van der Waals surface area (Å²) in [6.45, 7) is 15.5. The number of anilines is 2. The van der Waals surface area contributed by atoms with Gasteiger partial charge in [0.25, 0.3) is 11.8 Å². The van der Waals surface area contributed by atoms with Crippen LogP contribution in [-0.4, -0.2) is 133 Å². The zero-order chi connectivity index (χ0) is 76.7. The highest BCUT2D eigenvalue weighted by atomic mass is 127. The van der Waals surface area contributed by atoms with Gasteiger partial charge in [-0.25, -0.2) is 29.3 Å². The molecular weight excluding hydrogens is 2010 g/mol. The summed E-state index contributed by atoms with van der Waals surface area (Å²) in [5.74, 6) is -1.23. The molecule has 0 radical (unpaired) electrons. The molecule has 4 aromatic heterocycles. The van der Waals surface area contributed by atoms with Gasteiger partial charge in [-0.2, -0.15) is 0 Å². The van der Waals surface area contributed by atoms with Crippen LogP contribution in [0, 0.1) is 17.9 Å². The third-order valence-corrected chi connectivity index (χ3v) is 21.4. The fourth-order valence-corrected chi connectivity index (χ4v) is 16.0. The van der Waals surface area contributed by atoms with Crippen molar-refractivity contribution in [2.45, 2.75) is 41.5 Å². The lowest BCUT2D eigenvalue weighted by Crippen LogP contribution is -2.34. The van der Waals surface area contributed by atoms with Crippen LogP contribution >= 0.6 is 138 Å². The highest BCUT2D eigenvalue weighted by molar-refractivity contribution is 14.1. The van der Waals surface area contributed by atoms with Crippen LogP contribution in [0.3, 0.4) is 0 Å². The summed E-state index contributed by atoms with van der Waals surface area (Å²) in [6.07, 6.45) is 0.833. The molecule has 4 N–H and O–H groups in total. The smallest absolute Gasteiger partial charge is 0.340 e. The maximum Gasteiger partial charge on any atom is 0.340 e. The van der Waals surface area contributed by atoms with E-state index in [2.05, 4.69) is 213 Å². The Morgan fingerprint density at radius 1 is 0.423 bits per heavy atom. The van der Waals surface area contributed by atoms with Gasteiger partial charge >= 0.3 is 17.9 Å². The van der Waals surface area contributed by atoms with Crippen LogP contribution in [0.5, 0.6) is 0 Å². The normalized spacial score (nSPS) is 11.0. The van der Waals surface area contributed by atoms with Crippen LogP contribution in [-0.2, 0) is 20.6 Å². The van der Waals surface area contributed by atoms with Gasteiger partial charge in [0, 0.05) is 105 Å². The fourth-order valence-electron chi connectivity index (χ4n) is 12.7. The van der Waals surface area contributed by atoms with Gasteiger partial charge in [0.1, 0.15) is 0 Å². The minimum atomic E-state index is -0.459. The molecule has 0 saturated heterocycles. The molecule has 1 aliphatic heterocycles. The molecule has 25 heteroatoms. The zero-order valence-electron chi connectivity index (χ0n) is 61.0. The summed E-state index contributed by atoms with van der Waals surface area (Å²) in [7, 11) is 4.12. The molecule has 5 heterocycles. The second kappa shape index (κ2) is 41.7. The Hall–Kier alpha value is -8.02. The van der Waals surface area contributed by atoms with Crippen molar-refractivity contribution in [2.24, 2.45) is 0 Å². The maximum absolute atomic E-state index is 12.7. The van der Waals surface area contributed by atoms with Crippen molar-refractivity contribution < 1.29 is 38.2 Å². The Morgan fingerprint density at radius 2 is 0.802 bits per heavy atom. The molecule has 14 aromatic rings. The summed E-state index contributed by atoms with van der Waals surface area (Å²) in [4.78, 5) is 95.4. The summed E-state index contributed by atoms with van der Waals surface area (Å²) in [6, 6.07) is 64.7. The topological polar surface area (TPSA) is 227 Å². The van der Waals surface area contributed by atoms with E-state index in [1.54, 1.807) is 24.3 Å². The first-order chi connectivity index (χ1) is 52.2. The molecule has 0 atom stereocenters. The quantitative estimate of drug-likeness (QED) is 0.0324. The monoisotopic (exact) mass is 2090 g/mol. The average molecular weight is 2090 g/mol. The number of nitrogens with zero attached hydrogens (tertiary/aromatic N) is 5. The minimum absolute atomic E-state index is 0. The van der Waals surface area contributed by atoms with E-state index in [1.807, 2.05) is 140 Å². The molecule has 0 fully saturated rings. The first-order valence-electron chi connectivity index (χ1n) is 34.9. The number of hydrogen-bond acceptors (Lipinski definition) is 15. The second-order valence-electron chi connectivity index (χ2n) is 25.0. The van der Waals surface area contributed by atoms with E-state index in [1.165, 1.54) is 26.9 Å². The Kier molecular flexibility index (Phi) is 33.2. The number of para-hydroxylation sites is 5. The minimum Gasteiger partial charge on any atom is -0.465 e. The lowest BCUT2D eigenvalue weighted by molar-refractivity contribution is 0.0593. The fraction of sp³-hybridized carbons (Fsp3) is 0.198. The predicted octanol–water partition coefficient (Wildman–Crippen LogP) is 20.2. The standard InChI is InChI=1S/2C20H22IN3O.C15H10INO3.C15H12INO2.C15H10INO2.CH4.2ClH/c2*1-3-24(4-2)10-9-22-20(25)17-13-16(21)12-15-11-14-7-5-6-8-18(14)23-19(15)17;1-20-15(19)11-7-8(16)6-10-13(11)17-12-5-3-2-4-9(12)14(10)18;2*1-19-15(18)12-8-11(16)7-10-6-9-4-2-3-5-13(9)17-14(10)12;;;/h2*5-8,11-13H,3-4,9-10H2,1-2H3,(H,22,25);2-7H,1H3,(H,17,18);2-5,7-8,17H,6H2,1H3;2-8H,1H3;1H4;2*1H. The van der Waals surface area contributed by atoms with Gasteiger partial charge < -0.3 is 44.9 Å². The molecule has 0 aliphatic carbocycles. The number of hydrogen-bond donors (Lipinski definition) is 4. The molecule has 0 spiro atoms. The lowest BCUT2D eigenvalue weighted by atomic mass is 9.95. The van der Waals surface area contributed by atoms with Crippen molar-refractivity contribution in [1.29, 1.82) is 0 Å². The number of amides is 2. The third-order valence-electron chi connectivity index (χ3n) is 18.3. The Labute approximate surface area is 724 Å². The molecule has 1 aliphatic rings. The molecular formula is C86H82Cl2I5N9O9. The van der Waals surface area contributed by atoms with Gasteiger partial charge in [-0.3, -0.25) is 14.4 Å². The second-order valence-corrected chi connectivity index (χ2v) is 31.2. The number of halogens is 7. The van der Waals surface area contributed by atoms with Crippen LogP contribution in [0.2, 0.25) is 0 Å². The molecule has 18 nitrogen and oxygen atoms in total. The molecule has 0 unspecified atom stereocenters. The molecule has 2 amide bonds. The van der Waals surface area contributed by atoms with Crippen molar-refractivity contribution in [2.75, 3.05) is 79.0 Å². The van der Waals surface area contributed by atoms with Crippen LogP contribution in [0.25, 0.3) is 87.2 Å². The first-order valence-corrected chi connectivity index (χ1v) is 40.3. The first kappa shape index (κ1) is 88.5. The van der Waals surface area contributed by atoms with Gasteiger partial charge in [0.2, 0.25) is 0 Å². The Balaban J connectivity index is 0.000000174. The highest BCUT2D eigenvalue weighted by Gasteiger charge is 2.24. The molecule has 574 valence electrons. The van der Waals surface area contributed by atoms with Gasteiger partial charge in [0.05, 0.1) is 93.5 Å². The number of methoxy groups -OCH3 is 3. The number of H-pyrrole nitrogens is 1. The number of rotatable bonds is 15. The van der Waals surface area contributed by atoms with Crippen molar-refractivity contribution in [1.82, 2.24) is 40.4 Å². The van der Waals surface area contributed by atoms with Crippen LogP contribution in [0.1, 0.15) is 98.0 Å². The predicted molar refractivity (Wildman–Crippen MR) is 498 cm³/mol. The van der Waals surface area contributed by atoms with Crippen molar-refractivity contribution in [3.8, 4) is 0 Å². The Bertz CT molecular complexity index is 5680. The van der Waals surface area contributed by atoms with E-state index in [-0.39, 0.29) is 61.4 Å². The van der Waals surface area contributed by atoms with E-state index in [0.717, 1.165) is 140 Å². The summed E-state index contributed by atoms with van der Waals surface area (Å²) >= 11 is 11.0. The van der Waals surface area contributed by atoms with E-state index < -0.39 is 5.97 Å². The molecule has 10 aromatic carbocycles. The van der Waals surface area contributed by atoms with Gasteiger partial charge in [-0.15, -0.1) is 24.8 Å². The van der Waals surface area contributed by atoms with Crippen LogP contribution in [0.4, 0.5) is 11.4 Å². The number of esters is 3. The largest absolute Gasteiger partial charge is 0.465 e. The Morgan fingerprint density at radius 3 is 1.28 bits per heavy atom. The molecule has 0 bridgehead atoms. The lowest BCUT2D eigenvalue weighted by Gasteiger charge is -2.23. The van der Waals surface area contributed by atoms with Gasteiger partial charge in [0.15, 0.2) is 5.43 Å². The highest BCUT2D eigenvalue weighted by Crippen LogP contribution is 2.37. The molecule has 15 rings (SSSR count). The van der Waals surface area contributed by atoms with E-state index in [0.29, 0.717) is 68.2 Å². The number of fused-ring (bicyclic) bond motifs is 10.